The van der Waals surface area contributed by atoms with Gasteiger partial charge in [-0.1, -0.05) is 17.7 Å². The molecule has 2 amide bonds. The standard InChI is InChI=1S/C12H14N2O3S/c1-8-2-4-9(5-3-8)13-12(17)14-7-18-6-10(14)11(15)16/h2-5,10H,6-7H2,1H3,(H,13,17)(H,15,16)/t10-/m1/s1. The summed E-state index contributed by atoms with van der Waals surface area (Å²) in [5, 5.41) is 11.7. The van der Waals surface area contributed by atoms with Crippen molar-refractivity contribution >= 4 is 29.4 Å². The molecule has 5 nitrogen and oxygen atoms in total. The molecule has 6 heteroatoms. The Bertz CT molecular complexity index is 461. The van der Waals surface area contributed by atoms with Crippen LogP contribution in [0.5, 0.6) is 0 Å². The van der Waals surface area contributed by atoms with E-state index >= 15 is 0 Å². The lowest BCUT2D eigenvalue weighted by Crippen LogP contribution is -2.43. The second-order valence-electron chi connectivity index (χ2n) is 4.12. The number of carbonyl (C=O) groups is 2. The lowest BCUT2D eigenvalue weighted by molar-refractivity contribution is -0.140. The number of hydrogen-bond donors (Lipinski definition) is 2. The molecule has 1 aromatic carbocycles. The number of aryl methyl sites for hydroxylation is 1. The van der Waals surface area contributed by atoms with Gasteiger partial charge in [0.25, 0.3) is 0 Å². The number of rotatable bonds is 2. The fourth-order valence-corrected chi connectivity index (χ4v) is 2.82. The van der Waals surface area contributed by atoms with Gasteiger partial charge in [-0.15, -0.1) is 11.8 Å². The van der Waals surface area contributed by atoms with Crippen LogP contribution in [-0.4, -0.2) is 39.7 Å². The van der Waals surface area contributed by atoms with Crippen molar-refractivity contribution in [3.05, 3.63) is 29.8 Å². The van der Waals surface area contributed by atoms with Crippen LogP contribution in [0.15, 0.2) is 24.3 Å². The third-order valence-corrected chi connectivity index (χ3v) is 3.74. The van der Waals surface area contributed by atoms with Crippen LogP contribution in [0.2, 0.25) is 0 Å². The number of nitrogens with one attached hydrogen (secondary N) is 1. The van der Waals surface area contributed by atoms with Gasteiger partial charge in [0, 0.05) is 11.4 Å². The molecule has 0 unspecified atom stereocenters. The number of hydrogen-bond acceptors (Lipinski definition) is 3. The maximum atomic E-state index is 12.0. The Morgan fingerprint density at radius 3 is 2.67 bits per heavy atom. The number of carbonyl (C=O) groups excluding carboxylic acids is 1. The maximum absolute atomic E-state index is 12.0. The fraction of sp³-hybridized carbons (Fsp3) is 0.333. The molecule has 0 aromatic heterocycles. The third kappa shape index (κ3) is 2.76. The molecule has 0 bridgehead atoms. The number of thioether (sulfide) groups is 1. The van der Waals surface area contributed by atoms with Crippen LogP contribution < -0.4 is 5.32 Å². The monoisotopic (exact) mass is 266 g/mol. The van der Waals surface area contributed by atoms with Crippen LogP contribution in [0.4, 0.5) is 10.5 Å². The number of anilines is 1. The predicted molar refractivity (Wildman–Crippen MR) is 70.8 cm³/mol. The van der Waals surface area contributed by atoms with Crippen molar-refractivity contribution in [1.29, 1.82) is 0 Å². The first-order valence-electron chi connectivity index (χ1n) is 5.53. The average Bonchev–Trinajstić information content (AvgIpc) is 2.81. The van der Waals surface area contributed by atoms with Gasteiger partial charge >= 0.3 is 12.0 Å². The lowest BCUT2D eigenvalue weighted by atomic mass is 10.2. The molecule has 1 aliphatic rings. The molecular weight excluding hydrogens is 252 g/mol. The molecule has 0 spiro atoms. The van der Waals surface area contributed by atoms with E-state index in [1.165, 1.54) is 16.7 Å². The van der Waals surface area contributed by atoms with Crippen LogP contribution in [0, 0.1) is 6.92 Å². The number of amides is 2. The zero-order chi connectivity index (χ0) is 13.1. The predicted octanol–water partition coefficient (Wildman–Crippen LogP) is 1.99. The first kappa shape index (κ1) is 12.8. The number of benzene rings is 1. The van der Waals surface area contributed by atoms with Crippen molar-refractivity contribution < 1.29 is 14.7 Å². The summed E-state index contributed by atoms with van der Waals surface area (Å²) < 4.78 is 0. The number of aliphatic carboxylic acids is 1. The second-order valence-corrected chi connectivity index (χ2v) is 5.12. The van der Waals surface area contributed by atoms with Gasteiger partial charge in [-0.3, -0.25) is 0 Å². The van der Waals surface area contributed by atoms with Crippen LogP contribution in [0.1, 0.15) is 5.56 Å². The Labute approximate surface area is 109 Å². The molecule has 1 atom stereocenters. The molecule has 0 aliphatic carbocycles. The first-order chi connectivity index (χ1) is 8.58. The largest absolute Gasteiger partial charge is 0.480 e. The van der Waals surface area contributed by atoms with E-state index in [1.54, 1.807) is 12.1 Å². The summed E-state index contributed by atoms with van der Waals surface area (Å²) in [5.41, 5.74) is 1.78. The van der Waals surface area contributed by atoms with E-state index in [0.717, 1.165) is 5.56 Å². The molecule has 1 fully saturated rings. The van der Waals surface area contributed by atoms with Gasteiger partial charge in [-0.05, 0) is 19.1 Å². The molecule has 2 rings (SSSR count). The third-order valence-electron chi connectivity index (χ3n) is 2.73. The van der Waals surface area contributed by atoms with Gasteiger partial charge in [0.1, 0.15) is 6.04 Å². The highest BCUT2D eigenvalue weighted by Crippen LogP contribution is 2.22. The first-order valence-corrected chi connectivity index (χ1v) is 6.68. The van der Waals surface area contributed by atoms with Crippen LogP contribution in [0.3, 0.4) is 0 Å². The fourth-order valence-electron chi connectivity index (χ4n) is 1.68. The quantitative estimate of drug-likeness (QED) is 0.859. The summed E-state index contributed by atoms with van der Waals surface area (Å²) in [7, 11) is 0. The van der Waals surface area contributed by atoms with E-state index in [4.69, 9.17) is 5.11 Å². The van der Waals surface area contributed by atoms with Gasteiger partial charge in [0.15, 0.2) is 0 Å². The average molecular weight is 266 g/mol. The van der Waals surface area contributed by atoms with E-state index < -0.39 is 12.0 Å². The minimum atomic E-state index is -0.959. The van der Waals surface area contributed by atoms with Crippen LogP contribution >= 0.6 is 11.8 Å². The summed E-state index contributed by atoms with van der Waals surface area (Å²) in [6.07, 6.45) is 0. The second kappa shape index (κ2) is 5.30. The molecule has 0 saturated carbocycles. The van der Waals surface area contributed by atoms with E-state index in [0.29, 0.717) is 17.3 Å². The Morgan fingerprint density at radius 2 is 2.06 bits per heavy atom. The van der Waals surface area contributed by atoms with Gasteiger partial charge in [-0.2, -0.15) is 0 Å². The minimum Gasteiger partial charge on any atom is -0.480 e. The summed E-state index contributed by atoms with van der Waals surface area (Å²) in [5.74, 6) is -0.107. The lowest BCUT2D eigenvalue weighted by Gasteiger charge is -2.20. The molecule has 1 aromatic rings. The highest BCUT2D eigenvalue weighted by atomic mass is 32.2. The zero-order valence-corrected chi connectivity index (χ0v) is 10.7. The summed E-state index contributed by atoms with van der Waals surface area (Å²) in [4.78, 5) is 24.3. The van der Waals surface area contributed by atoms with Gasteiger partial charge in [0.2, 0.25) is 0 Å². The molecule has 0 radical (unpaired) electrons. The Hall–Kier alpha value is -1.69. The SMILES string of the molecule is Cc1ccc(NC(=O)N2CSC[C@@H]2C(=O)O)cc1. The zero-order valence-electron chi connectivity index (χ0n) is 9.92. The molecular formula is C12H14N2O3S. The van der Waals surface area contributed by atoms with Crippen molar-refractivity contribution in [3.63, 3.8) is 0 Å². The molecule has 2 N–H and O–H groups in total. The number of urea groups is 1. The van der Waals surface area contributed by atoms with Crippen molar-refractivity contribution in [2.45, 2.75) is 13.0 Å². The van der Waals surface area contributed by atoms with Crippen molar-refractivity contribution in [2.24, 2.45) is 0 Å². The molecule has 1 heterocycles. The molecule has 96 valence electrons. The van der Waals surface area contributed by atoms with Crippen molar-refractivity contribution in [3.8, 4) is 0 Å². The van der Waals surface area contributed by atoms with Crippen LogP contribution in [-0.2, 0) is 4.79 Å². The van der Waals surface area contributed by atoms with Crippen LogP contribution in [0.25, 0.3) is 0 Å². The van der Waals surface area contributed by atoms with E-state index in [1.807, 2.05) is 19.1 Å². The topological polar surface area (TPSA) is 69.6 Å². The molecule has 18 heavy (non-hydrogen) atoms. The number of carboxylic acid groups (broad SMARTS) is 1. The van der Waals surface area contributed by atoms with E-state index in [-0.39, 0.29) is 6.03 Å². The summed E-state index contributed by atoms with van der Waals surface area (Å²) in [6, 6.07) is 6.28. The van der Waals surface area contributed by atoms with Gasteiger partial charge in [0.05, 0.1) is 5.88 Å². The maximum Gasteiger partial charge on any atom is 0.327 e. The summed E-state index contributed by atoms with van der Waals surface area (Å²) in [6.45, 7) is 1.96. The van der Waals surface area contributed by atoms with E-state index in [9.17, 15) is 9.59 Å². The van der Waals surface area contributed by atoms with E-state index in [2.05, 4.69) is 5.32 Å². The Kier molecular flexibility index (Phi) is 3.76. The van der Waals surface area contributed by atoms with Crippen molar-refractivity contribution in [2.75, 3.05) is 16.9 Å². The Morgan fingerprint density at radius 1 is 1.39 bits per heavy atom. The molecule has 1 saturated heterocycles. The normalized spacial score (nSPS) is 18.7. The van der Waals surface area contributed by atoms with Gasteiger partial charge < -0.3 is 15.3 Å². The Balaban J connectivity index is 2.03. The highest BCUT2D eigenvalue weighted by Gasteiger charge is 2.34. The number of carboxylic acids is 1. The minimum absolute atomic E-state index is 0.365. The smallest absolute Gasteiger partial charge is 0.327 e. The number of nitrogens with zero attached hydrogens (tertiary/aromatic N) is 1. The highest BCUT2D eigenvalue weighted by molar-refractivity contribution is 7.99. The van der Waals surface area contributed by atoms with Gasteiger partial charge in [-0.25, -0.2) is 9.59 Å². The molecule has 1 aliphatic heterocycles. The summed E-state index contributed by atoms with van der Waals surface area (Å²) >= 11 is 1.44. The van der Waals surface area contributed by atoms with Crippen molar-refractivity contribution in [1.82, 2.24) is 4.90 Å².